The van der Waals surface area contributed by atoms with Gasteiger partial charge in [0.25, 0.3) is 0 Å². The van der Waals surface area contributed by atoms with Crippen LogP contribution in [0.1, 0.15) is 60.3 Å². The molecule has 11 heavy (non-hydrogen) atoms. The molecule has 0 aliphatic carbocycles. The van der Waals surface area contributed by atoms with E-state index in [2.05, 4.69) is 34.6 Å². The number of hydrogen-bond donors (Lipinski definition) is 1. The molecular formula is C10H27N. The number of rotatable bonds is 2. The van der Waals surface area contributed by atoms with Crippen LogP contribution < -0.4 is 5.73 Å². The zero-order valence-electron chi connectivity index (χ0n) is 9.11. The van der Waals surface area contributed by atoms with Gasteiger partial charge in [-0.25, -0.2) is 0 Å². The molecule has 2 N–H and O–H groups in total. The van der Waals surface area contributed by atoms with E-state index in [0.29, 0.717) is 0 Å². The Morgan fingerprint density at radius 3 is 1.09 bits per heavy atom. The lowest BCUT2D eigenvalue weighted by Crippen LogP contribution is -1.95. The van der Waals surface area contributed by atoms with Crippen LogP contribution in [0.4, 0.5) is 0 Å². The first-order valence-electron chi connectivity index (χ1n) is 4.94. The minimum Gasteiger partial charge on any atom is -0.330 e. The van der Waals surface area contributed by atoms with E-state index in [1.165, 1.54) is 25.7 Å². The van der Waals surface area contributed by atoms with E-state index in [0.717, 1.165) is 6.54 Å². The first-order chi connectivity index (χ1) is 5.24. The second-order valence-electron chi connectivity index (χ2n) is 2.56. The second kappa shape index (κ2) is 32.5. The van der Waals surface area contributed by atoms with Gasteiger partial charge in [0.05, 0.1) is 0 Å². The van der Waals surface area contributed by atoms with Crippen LogP contribution in [0.25, 0.3) is 0 Å². The lowest BCUT2D eigenvalue weighted by molar-refractivity contribution is 0.807. The monoisotopic (exact) mass is 161 g/mol. The summed E-state index contributed by atoms with van der Waals surface area (Å²) in [5, 5.41) is 0. The van der Waals surface area contributed by atoms with Gasteiger partial charge in [0.15, 0.2) is 0 Å². The van der Waals surface area contributed by atoms with Crippen LogP contribution in [0.2, 0.25) is 0 Å². The number of hydrogen-bond acceptors (Lipinski definition) is 1. The lowest BCUT2D eigenvalue weighted by atomic mass is 10.3. The average molecular weight is 161 g/mol. The van der Waals surface area contributed by atoms with Crippen LogP contribution >= 0.6 is 0 Å². The molecule has 0 bridgehead atoms. The third kappa shape index (κ3) is 164. The molecule has 0 aromatic heterocycles. The van der Waals surface area contributed by atoms with Crippen molar-refractivity contribution in [1.29, 1.82) is 0 Å². The SMILES string of the molecule is CCC.CCC.CCCCN. The fourth-order valence-electron chi connectivity index (χ4n) is 0.204. The van der Waals surface area contributed by atoms with Gasteiger partial charge in [-0.3, -0.25) is 0 Å². The topological polar surface area (TPSA) is 26.0 Å². The average Bonchev–Trinajstić information content (AvgIpc) is 1.92. The van der Waals surface area contributed by atoms with Crippen molar-refractivity contribution < 1.29 is 0 Å². The highest BCUT2D eigenvalue weighted by atomic mass is 14.5. The predicted octanol–water partition coefficient (Wildman–Crippen LogP) is 3.58. The van der Waals surface area contributed by atoms with Gasteiger partial charge >= 0.3 is 0 Å². The zero-order valence-corrected chi connectivity index (χ0v) is 9.11. The summed E-state index contributed by atoms with van der Waals surface area (Å²) in [6, 6.07) is 0. The van der Waals surface area contributed by atoms with Crippen molar-refractivity contribution in [1.82, 2.24) is 0 Å². The Bertz CT molecular complexity index is 24.1. The number of nitrogens with two attached hydrogens (primary N) is 1. The van der Waals surface area contributed by atoms with Gasteiger partial charge in [-0.1, -0.05) is 53.9 Å². The van der Waals surface area contributed by atoms with Gasteiger partial charge in [-0.2, -0.15) is 0 Å². The normalized spacial score (nSPS) is 7.09. The van der Waals surface area contributed by atoms with Gasteiger partial charge in [-0.05, 0) is 13.0 Å². The molecule has 0 fully saturated rings. The maximum atomic E-state index is 5.14. The summed E-state index contributed by atoms with van der Waals surface area (Å²) in [6.07, 6.45) is 4.89. The Labute approximate surface area is 73.4 Å². The minimum absolute atomic E-state index is 0.844. The maximum absolute atomic E-state index is 5.14. The van der Waals surface area contributed by atoms with Gasteiger partial charge < -0.3 is 5.73 Å². The molecule has 0 saturated heterocycles. The van der Waals surface area contributed by atoms with Crippen molar-refractivity contribution in [2.45, 2.75) is 60.3 Å². The fraction of sp³-hybridized carbons (Fsp3) is 1.00. The summed E-state index contributed by atoms with van der Waals surface area (Å²) in [4.78, 5) is 0. The predicted molar refractivity (Wildman–Crippen MR) is 55.9 cm³/mol. The van der Waals surface area contributed by atoms with E-state index in [1.807, 2.05) is 0 Å². The molecule has 72 valence electrons. The summed E-state index contributed by atoms with van der Waals surface area (Å²) in [5.74, 6) is 0. The molecular weight excluding hydrogens is 134 g/mol. The summed E-state index contributed by atoms with van der Waals surface area (Å²) >= 11 is 0. The van der Waals surface area contributed by atoms with E-state index < -0.39 is 0 Å². The summed E-state index contributed by atoms with van der Waals surface area (Å²) in [6.45, 7) is 11.5. The first-order valence-corrected chi connectivity index (χ1v) is 4.94. The lowest BCUT2D eigenvalue weighted by Gasteiger charge is -1.80. The van der Waals surface area contributed by atoms with Crippen LogP contribution in [-0.4, -0.2) is 6.54 Å². The highest BCUT2D eigenvalue weighted by molar-refractivity contribution is 4.29. The second-order valence-corrected chi connectivity index (χ2v) is 2.56. The molecule has 0 aliphatic rings. The molecule has 0 amide bonds. The van der Waals surface area contributed by atoms with E-state index in [4.69, 9.17) is 5.73 Å². The van der Waals surface area contributed by atoms with Crippen LogP contribution in [-0.2, 0) is 0 Å². The quantitative estimate of drug-likeness (QED) is 0.658. The van der Waals surface area contributed by atoms with Crippen molar-refractivity contribution >= 4 is 0 Å². The Kier molecular flexibility index (Phi) is 50.7. The fourth-order valence-corrected chi connectivity index (χ4v) is 0.204. The smallest absolute Gasteiger partial charge is 0.00774 e. The molecule has 0 rings (SSSR count). The summed E-state index contributed by atoms with van der Waals surface area (Å²) in [5.41, 5.74) is 5.14. The summed E-state index contributed by atoms with van der Waals surface area (Å²) in [7, 11) is 0. The first kappa shape index (κ1) is 17.2. The van der Waals surface area contributed by atoms with Crippen LogP contribution in [0.5, 0.6) is 0 Å². The molecule has 1 nitrogen and oxygen atoms in total. The Hall–Kier alpha value is -0.0400. The van der Waals surface area contributed by atoms with Crippen molar-refractivity contribution in [2.24, 2.45) is 5.73 Å². The van der Waals surface area contributed by atoms with E-state index in [9.17, 15) is 0 Å². The summed E-state index contributed by atoms with van der Waals surface area (Å²) < 4.78 is 0. The highest BCUT2D eigenvalue weighted by Crippen LogP contribution is 1.77. The van der Waals surface area contributed by atoms with Crippen LogP contribution in [0.15, 0.2) is 0 Å². The molecule has 1 heteroatoms. The van der Waals surface area contributed by atoms with Crippen molar-refractivity contribution in [3.8, 4) is 0 Å². The molecule has 0 aliphatic heterocycles. The molecule has 0 aromatic rings. The minimum atomic E-state index is 0.844. The van der Waals surface area contributed by atoms with E-state index in [-0.39, 0.29) is 0 Å². The Morgan fingerprint density at radius 1 is 0.818 bits per heavy atom. The molecule has 0 saturated carbocycles. The van der Waals surface area contributed by atoms with Gasteiger partial charge in [0, 0.05) is 0 Å². The molecule has 0 radical (unpaired) electrons. The van der Waals surface area contributed by atoms with Crippen molar-refractivity contribution in [2.75, 3.05) is 6.54 Å². The molecule has 0 unspecified atom stereocenters. The van der Waals surface area contributed by atoms with Gasteiger partial charge in [-0.15, -0.1) is 0 Å². The standard InChI is InChI=1S/C4H11N.2C3H8/c1-2-3-4-5;2*1-3-2/h2-5H2,1H3;2*3H2,1-2H3. The van der Waals surface area contributed by atoms with Crippen molar-refractivity contribution in [3.05, 3.63) is 0 Å². The Balaban J connectivity index is -0.0000000933. The van der Waals surface area contributed by atoms with Crippen LogP contribution in [0, 0.1) is 0 Å². The molecule has 0 aromatic carbocycles. The molecule has 0 heterocycles. The third-order valence-corrected chi connectivity index (χ3v) is 0.558. The highest BCUT2D eigenvalue weighted by Gasteiger charge is 1.67. The van der Waals surface area contributed by atoms with Crippen LogP contribution in [0.3, 0.4) is 0 Å². The largest absolute Gasteiger partial charge is 0.330 e. The maximum Gasteiger partial charge on any atom is -0.00774 e. The van der Waals surface area contributed by atoms with E-state index in [1.54, 1.807) is 0 Å². The molecule has 0 atom stereocenters. The number of unbranched alkanes of at least 4 members (excludes halogenated alkanes) is 1. The molecule has 0 spiro atoms. The van der Waals surface area contributed by atoms with Gasteiger partial charge in [0.2, 0.25) is 0 Å². The van der Waals surface area contributed by atoms with Crippen molar-refractivity contribution in [3.63, 3.8) is 0 Å². The third-order valence-electron chi connectivity index (χ3n) is 0.558. The Morgan fingerprint density at radius 2 is 1.09 bits per heavy atom. The zero-order chi connectivity index (χ0) is 9.54. The van der Waals surface area contributed by atoms with Gasteiger partial charge in [0.1, 0.15) is 0 Å². The van der Waals surface area contributed by atoms with E-state index >= 15 is 0 Å².